The Kier molecular flexibility index (Phi) is 6.53. The largest absolute Gasteiger partial charge is 0.352 e. The van der Waals surface area contributed by atoms with Crippen molar-refractivity contribution in [1.82, 2.24) is 10.2 Å². The number of amides is 1. The molecule has 0 radical (unpaired) electrons. The van der Waals surface area contributed by atoms with Crippen LogP contribution >= 0.6 is 0 Å². The van der Waals surface area contributed by atoms with Crippen molar-refractivity contribution >= 4 is 5.91 Å². The van der Waals surface area contributed by atoms with Crippen LogP contribution in [0.2, 0.25) is 0 Å². The van der Waals surface area contributed by atoms with E-state index in [9.17, 15) is 13.6 Å². The van der Waals surface area contributed by atoms with Gasteiger partial charge in [-0.25, -0.2) is 8.78 Å². The number of nitrogens with one attached hydrogen (secondary N) is 1. The zero-order valence-electron chi connectivity index (χ0n) is 15.2. The lowest BCUT2D eigenvalue weighted by Gasteiger charge is -2.33. The predicted octanol–water partition coefficient (Wildman–Crippen LogP) is 3.14. The maximum atomic E-state index is 13.9. The summed E-state index contributed by atoms with van der Waals surface area (Å²) in [5, 5.41) is 3.02. The smallest absolute Gasteiger partial charge is 0.222 e. The molecule has 0 bridgehead atoms. The molecule has 0 aromatic heterocycles. The monoisotopic (exact) mass is 373 g/mol. The predicted molar refractivity (Wildman–Crippen MR) is 101 cm³/mol. The standard InChI is InChI=1S/C21H25F2N3O/c22-18-9-4-10-19(23)17(18)14-26-11-5-8-16(13-26)25-21(27)12-20(24)15-6-2-1-3-7-15/h1-4,6-7,9-10,16,20H,5,8,11-14,24H2,(H,25,27). The van der Waals surface area contributed by atoms with Crippen LogP contribution in [0.4, 0.5) is 8.78 Å². The van der Waals surface area contributed by atoms with E-state index >= 15 is 0 Å². The minimum absolute atomic E-state index is 0.0379. The molecule has 1 aliphatic rings. The third-order valence-corrected chi connectivity index (χ3v) is 4.95. The quantitative estimate of drug-likeness (QED) is 0.818. The molecule has 2 aromatic rings. The minimum Gasteiger partial charge on any atom is -0.352 e. The zero-order valence-corrected chi connectivity index (χ0v) is 15.2. The van der Waals surface area contributed by atoms with E-state index in [4.69, 9.17) is 5.73 Å². The van der Waals surface area contributed by atoms with Crippen LogP contribution in [0.25, 0.3) is 0 Å². The van der Waals surface area contributed by atoms with Crippen LogP contribution in [0.3, 0.4) is 0 Å². The van der Waals surface area contributed by atoms with Gasteiger partial charge in [0.15, 0.2) is 0 Å². The zero-order chi connectivity index (χ0) is 19.2. The number of carbonyl (C=O) groups excluding carboxylic acids is 1. The molecule has 0 saturated carbocycles. The Morgan fingerprint density at radius 2 is 1.85 bits per heavy atom. The number of benzene rings is 2. The van der Waals surface area contributed by atoms with Crippen LogP contribution in [0.1, 0.15) is 36.4 Å². The number of likely N-dealkylation sites (tertiary alicyclic amines) is 1. The molecule has 1 amide bonds. The van der Waals surface area contributed by atoms with Crippen LogP contribution in [-0.4, -0.2) is 29.9 Å². The highest BCUT2D eigenvalue weighted by atomic mass is 19.1. The normalized spacial score (nSPS) is 18.9. The highest BCUT2D eigenvalue weighted by molar-refractivity contribution is 5.77. The summed E-state index contributed by atoms with van der Waals surface area (Å²) >= 11 is 0. The summed E-state index contributed by atoms with van der Waals surface area (Å²) < 4.78 is 27.7. The summed E-state index contributed by atoms with van der Waals surface area (Å²) in [5.74, 6) is -1.17. The Hall–Kier alpha value is -2.31. The van der Waals surface area contributed by atoms with E-state index < -0.39 is 11.6 Å². The van der Waals surface area contributed by atoms with Gasteiger partial charge in [0.25, 0.3) is 0 Å². The van der Waals surface area contributed by atoms with E-state index in [1.807, 2.05) is 35.2 Å². The van der Waals surface area contributed by atoms with Gasteiger partial charge in [0.2, 0.25) is 5.91 Å². The first-order valence-corrected chi connectivity index (χ1v) is 9.28. The molecule has 1 aliphatic heterocycles. The number of piperidine rings is 1. The van der Waals surface area contributed by atoms with Gasteiger partial charge in [-0.15, -0.1) is 0 Å². The second kappa shape index (κ2) is 9.06. The van der Waals surface area contributed by atoms with Gasteiger partial charge < -0.3 is 11.1 Å². The van der Waals surface area contributed by atoms with Crippen LogP contribution in [0.5, 0.6) is 0 Å². The molecule has 144 valence electrons. The average molecular weight is 373 g/mol. The number of rotatable bonds is 6. The molecule has 0 spiro atoms. The van der Waals surface area contributed by atoms with Crippen molar-refractivity contribution in [2.24, 2.45) is 5.73 Å². The first-order chi connectivity index (χ1) is 13.0. The fraction of sp³-hybridized carbons (Fsp3) is 0.381. The number of hydrogen-bond acceptors (Lipinski definition) is 3. The van der Waals surface area contributed by atoms with Gasteiger partial charge in [0.1, 0.15) is 11.6 Å². The summed E-state index contributed by atoms with van der Waals surface area (Å²) in [5.41, 5.74) is 7.11. The van der Waals surface area contributed by atoms with Crippen LogP contribution < -0.4 is 11.1 Å². The van der Waals surface area contributed by atoms with Crippen molar-refractivity contribution in [3.05, 3.63) is 71.3 Å². The van der Waals surface area contributed by atoms with Crippen molar-refractivity contribution < 1.29 is 13.6 Å². The first kappa shape index (κ1) is 19.5. The molecule has 1 heterocycles. The second-order valence-electron chi connectivity index (χ2n) is 7.06. The van der Waals surface area contributed by atoms with Crippen LogP contribution in [0, 0.1) is 11.6 Å². The van der Waals surface area contributed by atoms with Gasteiger partial charge in [0, 0.05) is 37.2 Å². The lowest BCUT2D eigenvalue weighted by atomic mass is 10.0. The van der Waals surface area contributed by atoms with Crippen molar-refractivity contribution in [2.75, 3.05) is 13.1 Å². The average Bonchev–Trinajstić information content (AvgIpc) is 2.66. The lowest BCUT2D eigenvalue weighted by molar-refractivity contribution is -0.122. The summed E-state index contributed by atoms with van der Waals surface area (Å²) in [6.07, 6.45) is 1.93. The second-order valence-corrected chi connectivity index (χ2v) is 7.06. The molecule has 1 saturated heterocycles. The summed E-state index contributed by atoms with van der Waals surface area (Å²) in [6, 6.07) is 13.0. The highest BCUT2D eigenvalue weighted by Crippen LogP contribution is 2.19. The molecule has 1 fully saturated rings. The Bertz CT molecular complexity index is 749. The molecule has 2 unspecified atom stereocenters. The summed E-state index contributed by atoms with van der Waals surface area (Å²) in [4.78, 5) is 14.3. The van der Waals surface area contributed by atoms with Crippen molar-refractivity contribution in [3.8, 4) is 0 Å². The van der Waals surface area contributed by atoms with Gasteiger partial charge in [-0.2, -0.15) is 0 Å². The molecular formula is C21H25F2N3O. The van der Waals surface area contributed by atoms with Gasteiger partial charge in [-0.3, -0.25) is 9.69 Å². The number of nitrogens with zero attached hydrogens (tertiary/aromatic N) is 1. The number of hydrogen-bond donors (Lipinski definition) is 2. The van der Waals surface area contributed by atoms with E-state index in [1.54, 1.807) is 0 Å². The Balaban J connectivity index is 1.53. The molecule has 2 atom stereocenters. The van der Waals surface area contributed by atoms with Gasteiger partial charge in [-0.1, -0.05) is 36.4 Å². The summed E-state index contributed by atoms with van der Waals surface area (Å²) in [7, 11) is 0. The topological polar surface area (TPSA) is 58.4 Å². The Morgan fingerprint density at radius 1 is 1.15 bits per heavy atom. The molecule has 3 N–H and O–H groups in total. The fourth-order valence-electron chi connectivity index (χ4n) is 3.53. The Labute approximate surface area is 158 Å². The maximum Gasteiger partial charge on any atom is 0.222 e. The number of carbonyl (C=O) groups is 1. The van der Waals surface area contributed by atoms with Crippen molar-refractivity contribution in [2.45, 2.75) is 37.9 Å². The minimum atomic E-state index is -0.532. The van der Waals surface area contributed by atoms with E-state index in [2.05, 4.69) is 5.32 Å². The van der Waals surface area contributed by atoms with Crippen molar-refractivity contribution in [3.63, 3.8) is 0 Å². The van der Waals surface area contributed by atoms with E-state index in [0.29, 0.717) is 6.54 Å². The van der Waals surface area contributed by atoms with Gasteiger partial charge >= 0.3 is 0 Å². The first-order valence-electron chi connectivity index (χ1n) is 9.28. The molecule has 6 heteroatoms. The van der Waals surface area contributed by atoms with Crippen LogP contribution in [0.15, 0.2) is 48.5 Å². The third-order valence-electron chi connectivity index (χ3n) is 4.95. The summed E-state index contributed by atoms with van der Waals surface area (Å²) in [6.45, 7) is 1.53. The number of nitrogens with two attached hydrogens (primary N) is 1. The van der Waals surface area contributed by atoms with E-state index in [-0.39, 0.29) is 36.5 Å². The van der Waals surface area contributed by atoms with Gasteiger partial charge in [-0.05, 0) is 37.1 Å². The highest BCUT2D eigenvalue weighted by Gasteiger charge is 2.24. The molecular weight excluding hydrogens is 348 g/mol. The van der Waals surface area contributed by atoms with E-state index in [0.717, 1.165) is 24.9 Å². The molecule has 4 nitrogen and oxygen atoms in total. The Morgan fingerprint density at radius 3 is 2.56 bits per heavy atom. The van der Waals surface area contributed by atoms with Crippen LogP contribution in [-0.2, 0) is 11.3 Å². The number of halogens is 2. The molecule has 27 heavy (non-hydrogen) atoms. The van der Waals surface area contributed by atoms with Gasteiger partial charge in [0.05, 0.1) is 0 Å². The molecule has 2 aromatic carbocycles. The molecule has 3 rings (SSSR count). The van der Waals surface area contributed by atoms with Crippen molar-refractivity contribution in [1.29, 1.82) is 0 Å². The van der Waals surface area contributed by atoms with E-state index in [1.165, 1.54) is 18.2 Å². The maximum absolute atomic E-state index is 13.9. The fourth-order valence-corrected chi connectivity index (χ4v) is 3.53. The lowest BCUT2D eigenvalue weighted by Crippen LogP contribution is -2.47. The third kappa shape index (κ3) is 5.34. The molecule has 0 aliphatic carbocycles. The SMILES string of the molecule is NC(CC(=O)NC1CCCN(Cc2c(F)cccc2F)C1)c1ccccc1.